The minimum Gasteiger partial charge on any atom is -0.397 e. The van der Waals surface area contributed by atoms with Crippen LogP contribution in [0, 0.1) is 17.1 Å². The average molecular weight is 449 g/mol. The number of amidine groups is 1. The predicted molar refractivity (Wildman–Crippen MR) is 107 cm³/mol. The van der Waals surface area contributed by atoms with Crippen LogP contribution in [0.4, 0.5) is 23.2 Å². The Morgan fingerprint density at radius 3 is 2.53 bits per heavy atom. The third-order valence-corrected chi connectivity index (χ3v) is 5.32. The first kappa shape index (κ1) is 23.1. The van der Waals surface area contributed by atoms with E-state index in [4.69, 9.17) is 21.5 Å². The minimum absolute atomic E-state index is 0.0211. The molecule has 1 aliphatic heterocycles. The number of rotatable bonds is 4. The van der Waals surface area contributed by atoms with Gasteiger partial charge in [0.05, 0.1) is 17.9 Å². The van der Waals surface area contributed by atoms with E-state index in [-0.39, 0.29) is 28.9 Å². The first-order chi connectivity index (χ1) is 14.8. The summed E-state index contributed by atoms with van der Waals surface area (Å²) < 4.78 is 59.6. The van der Waals surface area contributed by atoms with E-state index in [0.717, 1.165) is 13.0 Å². The number of ether oxygens (including phenoxy) is 1. The molecule has 0 radical (unpaired) electrons. The molecule has 0 spiro atoms. The quantitative estimate of drug-likeness (QED) is 0.546. The first-order valence-corrected chi connectivity index (χ1v) is 9.35. The van der Waals surface area contributed by atoms with Gasteiger partial charge in [0.1, 0.15) is 29.0 Å². The lowest BCUT2D eigenvalue weighted by Gasteiger charge is -2.41. The Morgan fingerprint density at radius 2 is 1.97 bits per heavy atom. The fraction of sp³-hybridized carbons (Fsp3) is 0.333. The van der Waals surface area contributed by atoms with Crippen LogP contribution < -0.4 is 11.5 Å². The summed E-state index contributed by atoms with van der Waals surface area (Å²) >= 11 is 0. The molecule has 11 heteroatoms. The Bertz CT molecular complexity index is 1160. The molecule has 2 heterocycles. The largest absolute Gasteiger partial charge is 0.424 e. The van der Waals surface area contributed by atoms with Gasteiger partial charge in [-0.25, -0.2) is 9.37 Å². The lowest BCUT2D eigenvalue weighted by molar-refractivity contribution is -0.249. The number of carbonyl (C=O) groups is 1. The number of pyridine rings is 1. The number of nitrogens with zero attached hydrogens (tertiary/aromatic N) is 3. The number of nitrogen functional groups attached to an aromatic ring is 1. The van der Waals surface area contributed by atoms with Gasteiger partial charge in [-0.15, -0.1) is 0 Å². The van der Waals surface area contributed by atoms with E-state index < -0.39 is 41.4 Å². The summed E-state index contributed by atoms with van der Waals surface area (Å²) in [7, 11) is 0. The van der Waals surface area contributed by atoms with Gasteiger partial charge >= 0.3 is 6.18 Å². The van der Waals surface area contributed by atoms with Crippen molar-refractivity contribution < 1.29 is 27.1 Å². The second kappa shape index (κ2) is 7.87. The van der Waals surface area contributed by atoms with Gasteiger partial charge in [-0.05, 0) is 37.6 Å². The molecular weight excluding hydrogens is 430 g/mol. The van der Waals surface area contributed by atoms with Crippen LogP contribution in [0.2, 0.25) is 0 Å². The van der Waals surface area contributed by atoms with E-state index in [2.05, 4.69) is 9.98 Å². The van der Waals surface area contributed by atoms with Crippen LogP contribution in [-0.4, -0.2) is 35.0 Å². The third kappa shape index (κ3) is 4.01. The molecular formula is C21H19F4N5O2. The molecule has 0 amide bonds. The van der Waals surface area contributed by atoms with Crippen molar-refractivity contribution in [1.29, 1.82) is 5.26 Å². The van der Waals surface area contributed by atoms with Crippen molar-refractivity contribution in [3.05, 3.63) is 58.7 Å². The molecule has 2 atom stereocenters. The molecule has 1 aliphatic rings. The van der Waals surface area contributed by atoms with Crippen molar-refractivity contribution in [1.82, 2.24) is 4.98 Å². The maximum atomic E-state index is 14.6. The number of aliphatic imine (C=N–C) groups is 1. The number of ketones is 1. The van der Waals surface area contributed by atoms with E-state index in [0.29, 0.717) is 5.56 Å². The molecule has 3 rings (SSSR count). The van der Waals surface area contributed by atoms with Gasteiger partial charge in [0.25, 0.3) is 0 Å². The van der Waals surface area contributed by atoms with Gasteiger partial charge in [-0.2, -0.15) is 18.4 Å². The lowest BCUT2D eigenvalue weighted by Crippen LogP contribution is -2.60. The minimum atomic E-state index is -4.80. The molecule has 0 saturated carbocycles. The van der Waals surface area contributed by atoms with Gasteiger partial charge in [-0.1, -0.05) is 6.07 Å². The van der Waals surface area contributed by atoms with Crippen LogP contribution in [-0.2, 0) is 16.7 Å². The highest BCUT2D eigenvalue weighted by atomic mass is 19.4. The number of hydrogen-bond acceptors (Lipinski definition) is 7. The predicted octanol–water partition coefficient (Wildman–Crippen LogP) is 3.02. The SMILES string of the molecule is C[C@@]1(c2cc(CC(=O)c3ncc(C#N)cc3N)ccc2F)CO[C@@](C)(C(F)(F)F)C(N)=N1. The normalized spacial score (nSPS) is 23.3. The Labute approximate surface area is 180 Å². The standard InChI is InChI=1S/C21H19F4N5O2/c1-19(10-32-20(2,18(28)30-19)21(23,24)25)13-5-11(3-4-14(13)22)7-16(31)17-15(27)6-12(8-26)9-29-17/h3-6,9H,7,10,27H2,1-2H3,(H2,28,30)/t19-,20+/m0/s1. The summed E-state index contributed by atoms with van der Waals surface area (Å²) in [4.78, 5) is 20.5. The molecule has 168 valence electrons. The van der Waals surface area contributed by atoms with Crippen molar-refractivity contribution in [2.75, 3.05) is 12.3 Å². The van der Waals surface area contributed by atoms with Crippen molar-refractivity contribution >= 4 is 17.3 Å². The number of carbonyl (C=O) groups excluding carboxylic acids is 1. The lowest BCUT2D eigenvalue weighted by atomic mass is 9.88. The van der Waals surface area contributed by atoms with E-state index in [1.165, 1.54) is 31.3 Å². The number of benzene rings is 1. The van der Waals surface area contributed by atoms with Crippen LogP contribution in [0.3, 0.4) is 0 Å². The maximum absolute atomic E-state index is 14.6. The maximum Gasteiger partial charge on any atom is 0.424 e. The van der Waals surface area contributed by atoms with Gasteiger partial charge in [0.2, 0.25) is 5.60 Å². The van der Waals surface area contributed by atoms with E-state index in [1.54, 1.807) is 0 Å². The second-order valence-electron chi connectivity index (χ2n) is 7.78. The van der Waals surface area contributed by atoms with Crippen molar-refractivity contribution in [2.45, 2.75) is 37.6 Å². The zero-order valence-corrected chi connectivity index (χ0v) is 17.1. The summed E-state index contributed by atoms with van der Waals surface area (Å²) in [5.74, 6) is -2.05. The fourth-order valence-corrected chi connectivity index (χ4v) is 3.27. The number of aromatic nitrogens is 1. The molecule has 0 unspecified atom stereocenters. The monoisotopic (exact) mass is 449 g/mol. The first-order valence-electron chi connectivity index (χ1n) is 9.35. The van der Waals surface area contributed by atoms with E-state index in [1.807, 2.05) is 6.07 Å². The topological polar surface area (TPSA) is 127 Å². The van der Waals surface area contributed by atoms with E-state index >= 15 is 0 Å². The fourth-order valence-electron chi connectivity index (χ4n) is 3.27. The Morgan fingerprint density at radius 1 is 1.28 bits per heavy atom. The molecule has 2 aromatic rings. The summed E-state index contributed by atoms with van der Waals surface area (Å²) in [6.07, 6.45) is -3.81. The molecule has 4 N–H and O–H groups in total. The Hall–Kier alpha value is -3.52. The van der Waals surface area contributed by atoms with Crippen molar-refractivity contribution in [3.63, 3.8) is 0 Å². The average Bonchev–Trinajstić information content (AvgIpc) is 2.71. The number of hydrogen-bond donors (Lipinski definition) is 2. The summed E-state index contributed by atoms with van der Waals surface area (Å²) in [5.41, 5.74) is 7.49. The number of anilines is 1. The Balaban J connectivity index is 1.93. The van der Waals surface area contributed by atoms with E-state index in [9.17, 15) is 22.4 Å². The molecule has 1 aromatic carbocycles. The number of halogens is 4. The van der Waals surface area contributed by atoms with Crippen molar-refractivity contribution in [2.24, 2.45) is 10.7 Å². The molecule has 1 aromatic heterocycles. The van der Waals surface area contributed by atoms with Crippen molar-refractivity contribution in [3.8, 4) is 6.07 Å². The molecule has 0 bridgehead atoms. The number of nitrogens with two attached hydrogens (primary N) is 2. The van der Waals surface area contributed by atoms with Gasteiger partial charge in [0, 0.05) is 18.2 Å². The zero-order valence-electron chi connectivity index (χ0n) is 17.1. The highest BCUT2D eigenvalue weighted by molar-refractivity contribution is 6.00. The highest BCUT2D eigenvalue weighted by Crippen LogP contribution is 2.41. The number of nitriles is 1. The van der Waals surface area contributed by atoms with Crippen LogP contribution >= 0.6 is 0 Å². The smallest absolute Gasteiger partial charge is 0.397 e. The molecule has 0 saturated heterocycles. The summed E-state index contributed by atoms with van der Waals surface area (Å²) in [6.45, 7) is 1.56. The number of Topliss-reactive ketones (excluding diaryl/α,β-unsaturated/α-hetero) is 1. The van der Waals surface area contributed by atoms with Gasteiger partial charge < -0.3 is 16.2 Å². The molecule has 7 nitrogen and oxygen atoms in total. The highest BCUT2D eigenvalue weighted by Gasteiger charge is 2.59. The van der Waals surface area contributed by atoms with Crippen LogP contribution in [0.1, 0.15) is 41.0 Å². The number of alkyl halides is 3. The van der Waals surface area contributed by atoms with Crippen LogP contribution in [0.25, 0.3) is 0 Å². The van der Waals surface area contributed by atoms with Gasteiger partial charge in [-0.3, -0.25) is 9.79 Å². The Kier molecular flexibility index (Phi) is 5.69. The van der Waals surface area contributed by atoms with Crippen LogP contribution in [0.15, 0.2) is 35.5 Å². The zero-order chi connectivity index (χ0) is 23.9. The third-order valence-electron chi connectivity index (χ3n) is 5.32. The molecule has 0 aliphatic carbocycles. The van der Waals surface area contributed by atoms with Gasteiger partial charge in [0.15, 0.2) is 5.78 Å². The van der Waals surface area contributed by atoms with Crippen LogP contribution in [0.5, 0.6) is 0 Å². The summed E-state index contributed by atoms with van der Waals surface area (Å²) in [6, 6.07) is 6.93. The molecule has 32 heavy (non-hydrogen) atoms. The molecule has 0 fully saturated rings. The summed E-state index contributed by atoms with van der Waals surface area (Å²) in [5, 5.41) is 8.87. The second-order valence-corrected chi connectivity index (χ2v) is 7.78.